The summed E-state index contributed by atoms with van der Waals surface area (Å²) in [6.45, 7) is 10.2. The molecule has 0 atom stereocenters. The van der Waals surface area contributed by atoms with Gasteiger partial charge in [-0.2, -0.15) is 0 Å². The van der Waals surface area contributed by atoms with Crippen molar-refractivity contribution in [2.75, 3.05) is 7.05 Å². The second-order valence-electron chi connectivity index (χ2n) is 3.46. The summed E-state index contributed by atoms with van der Waals surface area (Å²) in [4.78, 5) is 6.38. The third kappa shape index (κ3) is 1.58. The summed E-state index contributed by atoms with van der Waals surface area (Å²) >= 11 is 0. The van der Waals surface area contributed by atoms with Crippen LogP contribution in [0, 0.1) is 5.92 Å². The van der Waals surface area contributed by atoms with Crippen molar-refractivity contribution < 1.29 is 0 Å². The first-order chi connectivity index (χ1) is 5.52. The molecule has 0 unspecified atom stereocenters. The Bertz CT molecular complexity index is 259. The van der Waals surface area contributed by atoms with Crippen LogP contribution in [0.4, 0.5) is 0 Å². The molecule has 0 aromatic rings. The maximum absolute atomic E-state index is 4.35. The maximum atomic E-state index is 4.35. The predicted octanol–water partition coefficient (Wildman–Crippen LogP) is 2.40. The van der Waals surface area contributed by atoms with E-state index in [0.29, 0.717) is 5.92 Å². The van der Waals surface area contributed by atoms with Gasteiger partial charge in [-0.3, -0.25) is 0 Å². The summed E-state index contributed by atoms with van der Waals surface area (Å²) in [6, 6.07) is 0. The van der Waals surface area contributed by atoms with E-state index in [1.807, 2.05) is 18.9 Å². The fraction of sp³-hybridized carbons (Fsp3) is 0.500. The number of nitrogens with zero attached hydrogens (tertiary/aromatic N) is 2. The van der Waals surface area contributed by atoms with Crippen LogP contribution in [0.15, 0.2) is 29.0 Å². The fourth-order valence-corrected chi connectivity index (χ4v) is 1.20. The van der Waals surface area contributed by atoms with Crippen LogP contribution in [-0.2, 0) is 0 Å². The van der Waals surface area contributed by atoms with Gasteiger partial charge >= 0.3 is 0 Å². The Morgan fingerprint density at radius 3 is 2.58 bits per heavy atom. The van der Waals surface area contributed by atoms with Gasteiger partial charge in [-0.05, 0) is 18.4 Å². The molecule has 2 heteroatoms. The molecule has 0 N–H and O–H groups in total. The summed E-state index contributed by atoms with van der Waals surface area (Å²) in [5.41, 5.74) is 2.13. The highest BCUT2D eigenvalue weighted by molar-refractivity contribution is 5.83. The highest BCUT2D eigenvalue weighted by Gasteiger charge is 2.13. The molecule has 0 saturated carbocycles. The Balaban J connectivity index is 2.93. The van der Waals surface area contributed by atoms with Crippen molar-refractivity contribution in [3.8, 4) is 0 Å². The van der Waals surface area contributed by atoms with E-state index in [0.717, 1.165) is 11.5 Å². The third-order valence-corrected chi connectivity index (χ3v) is 2.10. The molecule has 1 aliphatic rings. The summed E-state index contributed by atoms with van der Waals surface area (Å²) in [7, 11) is 2.01. The van der Waals surface area contributed by atoms with Crippen LogP contribution < -0.4 is 0 Å². The van der Waals surface area contributed by atoms with Gasteiger partial charge < -0.3 is 4.90 Å². The zero-order valence-electron chi connectivity index (χ0n) is 8.26. The van der Waals surface area contributed by atoms with Gasteiger partial charge in [0, 0.05) is 13.2 Å². The van der Waals surface area contributed by atoms with E-state index in [2.05, 4.69) is 31.6 Å². The lowest BCUT2D eigenvalue weighted by Crippen LogP contribution is -2.23. The molecule has 1 heterocycles. The molecule has 0 bridgehead atoms. The quantitative estimate of drug-likeness (QED) is 0.581. The zero-order valence-corrected chi connectivity index (χ0v) is 8.26. The largest absolute Gasteiger partial charge is 0.339 e. The van der Waals surface area contributed by atoms with Crippen molar-refractivity contribution in [3.63, 3.8) is 0 Å². The summed E-state index contributed by atoms with van der Waals surface area (Å²) < 4.78 is 0. The molecule has 1 aliphatic heterocycles. The molecule has 0 aliphatic carbocycles. The van der Waals surface area contributed by atoms with E-state index in [-0.39, 0.29) is 0 Å². The van der Waals surface area contributed by atoms with Gasteiger partial charge in [0.25, 0.3) is 0 Å². The molecule has 1 rings (SSSR count). The molecular weight excluding hydrogens is 148 g/mol. The first kappa shape index (κ1) is 9.04. The zero-order chi connectivity index (χ0) is 9.30. The number of hydrogen-bond donors (Lipinski definition) is 0. The highest BCUT2D eigenvalue weighted by Crippen LogP contribution is 2.23. The van der Waals surface area contributed by atoms with Crippen LogP contribution >= 0.6 is 0 Å². The molecule has 0 spiro atoms. The SMILES string of the molecule is C=C1N=C(C)N(C)C=C1C(C)C. The minimum atomic E-state index is 0.497. The molecule has 0 fully saturated rings. The van der Waals surface area contributed by atoms with E-state index in [9.17, 15) is 0 Å². The average molecular weight is 164 g/mol. The van der Waals surface area contributed by atoms with E-state index < -0.39 is 0 Å². The van der Waals surface area contributed by atoms with E-state index in [1.165, 1.54) is 5.57 Å². The number of amidine groups is 1. The highest BCUT2D eigenvalue weighted by atomic mass is 15.2. The molecular formula is C10H16N2. The van der Waals surface area contributed by atoms with Crippen LogP contribution in [0.5, 0.6) is 0 Å². The van der Waals surface area contributed by atoms with Crippen LogP contribution in [0.25, 0.3) is 0 Å². The lowest BCUT2D eigenvalue weighted by molar-refractivity contribution is 0.633. The standard InChI is InChI=1S/C10H16N2/c1-7(2)10-6-12(5)9(4)11-8(10)3/h6-7H,3H2,1-2,4-5H3. The Morgan fingerprint density at radius 2 is 2.08 bits per heavy atom. The second-order valence-corrected chi connectivity index (χ2v) is 3.46. The predicted molar refractivity (Wildman–Crippen MR) is 52.9 cm³/mol. The van der Waals surface area contributed by atoms with E-state index in [1.54, 1.807) is 0 Å². The van der Waals surface area contributed by atoms with Crippen molar-refractivity contribution in [1.29, 1.82) is 0 Å². The minimum absolute atomic E-state index is 0.497. The second kappa shape index (κ2) is 3.13. The molecule has 0 saturated heterocycles. The third-order valence-electron chi connectivity index (χ3n) is 2.10. The number of hydrogen-bond acceptors (Lipinski definition) is 2. The van der Waals surface area contributed by atoms with Gasteiger partial charge in [0.15, 0.2) is 0 Å². The lowest BCUT2D eigenvalue weighted by Gasteiger charge is -2.24. The van der Waals surface area contributed by atoms with E-state index >= 15 is 0 Å². The van der Waals surface area contributed by atoms with Gasteiger partial charge in [0.2, 0.25) is 0 Å². The molecule has 0 radical (unpaired) electrons. The first-order valence-corrected chi connectivity index (χ1v) is 4.21. The van der Waals surface area contributed by atoms with Gasteiger partial charge in [0.05, 0.1) is 5.70 Å². The smallest absolute Gasteiger partial charge is 0.105 e. The van der Waals surface area contributed by atoms with Crippen LogP contribution in [0.2, 0.25) is 0 Å². The number of allylic oxidation sites excluding steroid dienone is 1. The maximum Gasteiger partial charge on any atom is 0.105 e. The minimum Gasteiger partial charge on any atom is -0.339 e. The molecule has 0 aromatic carbocycles. The lowest BCUT2D eigenvalue weighted by atomic mass is 10.0. The molecule has 2 nitrogen and oxygen atoms in total. The normalized spacial score (nSPS) is 18.1. The Hall–Kier alpha value is -1.05. The number of aliphatic imine (C=N–C) groups is 1. The monoisotopic (exact) mass is 164 g/mol. The van der Waals surface area contributed by atoms with Crippen molar-refractivity contribution >= 4 is 5.84 Å². The Kier molecular flexibility index (Phi) is 2.36. The van der Waals surface area contributed by atoms with Crippen LogP contribution in [-0.4, -0.2) is 17.8 Å². The van der Waals surface area contributed by atoms with Gasteiger partial charge in [0.1, 0.15) is 5.84 Å². The molecule has 12 heavy (non-hydrogen) atoms. The Labute approximate surface area is 74.3 Å². The van der Waals surface area contributed by atoms with Gasteiger partial charge in [-0.1, -0.05) is 20.4 Å². The van der Waals surface area contributed by atoms with Crippen molar-refractivity contribution in [2.24, 2.45) is 10.9 Å². The number of rotatable bonds is 1. The van der Waals surface area contributed by atoms with Crippen LogP contribution in [0.1, 0.15) is 20.8 Å². The fourth-order valence-electron chi connectivity index (χ4n) is 1.20. The molecule has 0 aromatic heterocycles. The summed E-state index contributed by atoms with van der Waals surface area (Å²) in [5, 5.41) is 0. The van der Waals surface area contributed by atoms with Gasteiger partial charge in [-0.15, -0.1) is 0 Å². The van der Waals surface area contributed by atoms with Crippen molar-refractivity contribution in [1.82, 2.24) is 4.90 Å². The Morgan fingerprint density at radius 1 is 1.50 bits per heavy atom. The molecule has 66 valence electrons. The average Bonchev–Trinajstić information content (AvgIpc) is 1.96. The summed E-state index contributed by atoms with van der Waals surface area (Å²) in [6.07, 6.45) is 2.11. The summed E-state index contributed by atoms with van der Waals surface area (Å²) in [5.74, 6) is 1.50. The first-order valence-electron chi connectivity index (χ1n) is 4.21. The van der Waals surface area contributed by atoms with E-state index in [4.69, 9.17) is 0 Å². The van der Waals surface area contributed by atoms with Gasteiger partial charge in [-0.25, -0.2) is 4.99 Å². The van der Waals surface area contributed by atoms with Crippen LogP contribution in [0.3, 0.4) is 0 Å². The van der Waals surface area contributed by atoms with Crippen molar-refractivity contribution in [3.05, 3.63) is 24.0 Å². The van der Waals surface area contributed by atoms with Crippen molar-refractivity contribution in [2.45, 2.75) is 20.8 Å². The topological polar surface area (TPSA) is 15.6 Å². The molecule has 0 amide bonds.